The lowest BCUT2D eigenvalue weighted by Crippen LogP contribution is -2.29. The summed E-state index contributed by atoms with van der Waals surface area (Å²) in [5.74, 6) is -1.30. The molecule has 5 nitrogen and oxygen atoms in total. The second-order valence-electron chi connectivity index (χ2n) is 4.39. The summed E-state index contributed by atoms with van der Waals surface area (Å²) in [6.07, 6.45) is 0.433. The molecule has 0 radical (unpaired) electrons. The second kappa shape index (κ2) is 4.68. The number of nitrogens with zero attached hydrogens (tertiary/aromatic N) is 1. The maximum Gasteiger partial charge on any atom is 0.307 e. The van der Waals surface area contributed by atoms with Crippen molar-refractivity contribution >= 4 is 17.6 Å². The number of carboxylic acids is 1. The zero-order valence-corrected chi connectivity index (χ0v) is 10.3. The minimum atomic E-state index is -0.896. The fraction of sp³-hybridized carbons (Fsp3) is 0.385. The van der Waals surface area contributed by atoms with Gasteiger partial charge in [0.15, 0.2) is 0 Å². The summed E-state index contributed by atoms with van der Waals surface area (Å²) in [6, 6.07) is 7.12. The number of amides is 1. The molecule has 96 valence electrons. The van der Waals surface area contributed by atoms with Crippen LogP contribution in [0.25, 0.3) is 0 Å². The second-order valence-corrected chi connectivity index (χ2v) is 4.39. The van der Waals surface area contributed by atoms with Gasteiger partial charge in [0.05, 0.1) is 18.9 Å². The van der Waals surface area contributed by atoms with Crippen molar-refractivity contribution in [2.24, 2.45) is 11.8 Å². The third kappa shape index (κ3) is 2.30. The van der Waals surface area contributed by atoms with Gasteiger partial charge >= 0.3 is 5.97 Å². The molecule has 1 aliphatic rings. The van der Waals surface area contributed by atoms with Gasteiger partial charge in [-0.05, 0) is 18.6 Å². The van der Waals surface area contributed by atoms with E-state index in [0.717, 1.165) is 0 Å². The molecule has 18 heavy (non-hydrogen) atoms. The van der Waals surface area contributed by atoms with Crippen LogP contribution in [0.1, 0.15) is 6.42 Å². The van der Waals surface area contributed by atoms with Gasteiger partial charge in [0.25, 0.3) is 0 Å². The van der Waals surface area contributed by atoms with Crippen LogP contribution in [0.5, 0.6) is 5.75 Å². The van der Waals surface area contributed by atoms with Crippen LogP contribution >= 0.6 is 0 Å². The molecule has 1 saturated carbocycles. The van der Waals surface area contributed by atoms with E-state index in [1.54, 1.807) is 38.4 Å². The topological polar surface area (TPSA) is 66.8 Å². The van der Waals surface area contributed by atoms with Crippen molar-refractivity contribution in [3.63, 3.8) is 0 Å². The summed E-state index contributed by atoms with van der Waals surface area (Å²) in [4.78, 5) is 24.3. The quantitative estimate of drug-likeness (QED) is 0.875. The lowest BCUT2D eigenvalue weighted by atomic mass is 10.2. The normalized spacial score (nSPS) is 21.2. The Morgan fingerprint density at radius 3 is 2.67 bits per heavy atom. The van der Waals surface area contributed by atoms with Gasteiger partial charge in [-0.2, -0.15) is 0 Å². The molecule has 2 unspecified atom stereocenters. The Morgan fingerprint density at radius 2 is 2.11 bits per heavy atom. The molecule has 0 spiro atoms. The summed E-state index contributed by atoms with van der Waals surface area (Å²) in [6.45, 7) is 0. The van der Waals surface area contributed by atoms with E-state index in [4.69, 9.17) is 9.84 Å². The Kier molecular flexibility index (Phi) is 3.23. The van der Waals surface area contributed by atoms with E-state index in [1.807, 2.05) is 0 Å². The Bertz CT molecular complexity index is 486. The van der Waals surface area contributed by atoms with Crippen molar-refractivity contribution in [3.05, 3.63) is 24.3 Å². The van der Waals surface area contributed by atoms with E-state index >= 15 is 0 Å². The molecule has 1 fully saturated rings. The molecule has 0 saturated heterocycles. The molecule has 0 heterocycles. The van der Waals surface area contributed by atoms with Crippen LogP contribution < -0.4 is 9.64 Å². The minimum Gasteiger partial charge on any atom is -0.497 e. The van der Waals surface area contributed by atoms with Crippen molar-refractivity contribution < 1.29 is 19.4 Å². The van der Waals surface area contributed by atoms with E-state index < -0.39 is 17.8 Å². The molecular weight excluding hydrogens is 234 g/mol. The zero-order chi connectivity index (χ0) is 13.3. The van der Waals surface area contributed by atoms with Crippen molar-refractivity contribution in [1.29, 1.82) is 0 Å². The number of benzene rings is 1. The number of rotatable bonds is 4. The van der Waals surface area contributed by atoms with E-state index in [1.165, 1.54) is 4.90 Å². The molecule has 1 aromatic carbocycles. The number of carboxylic acid groups (broad SMARTS) is 1. The van der Waals surface area contributed by atoms with Crippen molar-refractivity contribution in [1.82, 2.24) is 0 Å². The van der Waals surface area contributed by atoms with Crippen LogP contribution in [0.2, 0.25) is 0 Å². The molecule has 1 amide bonds. The average molecular weight is 249 g/mol. The number of carbonyl (C=O) groups is 2. The van der Waals surface area contributed by atoms with Gasteiger partial charge < -0.3 is 14.7 Å². The highest BCUT2D eigenvalue weighted by Gasteiger charge is 2.49. The van der Waals surface area contributed by atoms with E-state index in [9.17, 15) is 9.59 Å². The Balaban J connectivity index is 2.09. The third-order valence-corrected chi connectivity index (χ3v) is 3.20. The first-order chi connectivity index (χ1) is 8.54. The van der Waals surface area contributed by atoms with Gasteiger partial charge in [-0.15, -0.1) is 0 Å². The number of ether oxygens (including phenoxy) is 1. The molecule has 1 N–H and O–H groups in total. The number of carbonyl (C=O) groups excluding carboxylic acids is 1. The summed E-state index contributed by atoms with van der Waals surface area (Å²) in [7, 11) is 3.20. The van der Waals surface area contributed by atoms with Crippen molar-refractivity contribution in [3.8, 4) is 5.75 Å². The smallest absolute Gasteiger partial charge is 0.307 e. The summed E-state index contributed by atoms with van der Waals surface area (Å²) in [5, 5.41) is 8.82. The minimum absolute atomic E-state index is 0.157. The van der Waals surface area contributed by atoms with E-state index in [2.05, 4.69) is 0 Å². The molecule has 0 bridgehead atoms. The Morgan fingerprint density at radius 1 is 1.39 bits per heavy atom. The monoisotopic (exact) mass is 249 g/mol. The molecule has 0 aromatic heterocycles. The van der Waals surface area contributed by atoms with Gasteiger partial charge in [-0.3, -0.25) is 9.59 Å². The van der Waals surface area contributed by atoms with Gasteiger partial charge in [0, 0.05) is 18.8 Å². The standard InChI is InChI=1S/C13H15NO4/c1-14(8-4-3-5-9(6-8)18-2)12(15)10-7-11(10)13(16)17/h3-6,10-11H,7H2,1-2H3,(H,16,17). The Hall–Kier alpha value is -2.04. The third-order valence-electron chi connectivity index (χ3n) is 3.20. The van der Waals surface area contributed by atoms with Gasteiger partial charge in [0.2, 0.25) is 5.91 Å². The van der Waals surface area contributed by atoms with Crippen LogP contribution in [0, 0.1) is 11.8 Å². The summed E-state index contributed by atoms with van der Waals surface area (Å²) < 4.78 is 5.09. The summed E-state index contributed by atoms with van der Waals surface area (Å²) in [5.41, 5.74) is 0.704. The van der Waals surface area contributed by atoms with E-state index in [-0.39, 0.29) is 5.91 Å². The van der Waals surface area contributed by atoms with Gasteiger partial charge in [-0.25, -0.2) is 0 Å². The number of hydrogen-bond acceptors (Lipinski definition) is 3. The fourth-order valence-corrected chi connectivity index (χ4v) is 1.94. The zero-order valence-electron chi connectivity index (χ0n) is 10.3. The predicted octanol–water partition coefficient (Wildman–Crippen LogP) is 1.38. The highest BCUT2D eigenvalue weighted by molar-refractivity contribution is 5.99. The highest BCUT2D eigenvalue weighted by Crippen LogP contribution is 2.40. The van der Waals surface area contributed by atoms with Gasteiger partial charge in [0.1, 0.15) is 5.75 Å². The Labute approximate surface area is 105 Å². The van der Waals surface area contributed by atoms with Crippen molar-refractivity contribution in [2.45, 2.75) is 6.42 Å². The number of aliphatic carboxylic acids is 1. The molecule has 1 aromatic rings. The van der Waals surface area contributed by atoms with Crippen LogP contribution in [0.4, 0.5) is 5.69 Å². The van der Waals surface area contributed by atoms with Crippen LogP contribution in [-0.2, 0) is 9.59 Å². The average Bonchev–Trinajstić information content (AvgIpc) is 3.17. The lowest BCUT2D eigenvalue weighted by molar-refractivity contribution is -0.139. The molecule has 2 atom stereocenters. The predicted molar refractivity (Wildman–Crippen MR) is 65.6 cm³/mol. The molecular formula is C13H15NO4. The lowest BCUT2D eigenvalue weighted by Gasteiger charge is -2.17. The van der Waals surface area contributed by atoms with Gasteiger partial charge in [-0.1, -0.05) is 6.07 Å². The maximum atomic E-state index is 12.0. The van der Waals surface area contributed by atoms with Crippen LogP contribution in [-0.4, -0.2) is 31.1 Å². The van der Waals surface area contributed by atoms with E-state index in [0.29, 0.717) is 17.9 Å². The first kappa shape index (κ1) is 12.4. The largest absolute Gasteiger partial charge is 0.497 e. The first-order valence-electron chi connectivity index (χ1n) is 5.69. The van der Waals surface area contributed by atoms with Crippen molar-refractivity contribution in [2.75, 3.05) is 19.1 Å². The fourth-order valence-electron chi connectivity index (χ4n) is 1.94. The molecule has 1 aliphatic carbocycles. The number of hydrogen-bond donors (Lipinski definition) is 1. The maximum absolute atomic E-state index is 12.0. The summed E-state index contributed by atoms with van der Waals surface area (Å²) >= 11 is 0. The van der Waals surface area contributed by atoms with Crippen LogP contribution in [0.3, 0.4) is 0 Å². The molecule has 0 aliphatic heterocycles. The molecule has 5 heteroatoms. The first-order valence-corrected chi connectivity index (χ1v) is 5.69. The van der Waals surface area contributed by atoms with Crippen LogP contribution in [0.15, 0.2) is 24.3 Å². The highest BCUT2D eigenvalue weighted by atomic mass is 16.5. The molecule has 2 rings (SSSR count). The number of methoxy groups -OCH3 is 1. The number of anilines is 1. The SMILES string of the molecule is COc1cccc(N(C)C(=O)C2CC2C(=O)O)c1.